The lowest BCUT2D eigenvalue weighted by Crippen LogP contribution is -2.41. The van der Waals surface area contributed by atoms with Crippen LogP contribution in [-0.4, -0.2) is 59.3 Å². The summed E-state index contributed by atoms with van der Waals surface area (Å²) in [7, 11) is -4.27. The largest absolute Gasteiger partial charge is 0.477 e. The summed E-state index contributed by atoms with van der Waals surface area (Å²) >= 11 is 4.43. The maximum Gasteiger partial charge on any atom is 0.281 e. The minimum atomic E-state index is -4.27. The zero-order valence-corrected chi connectivity index (χ0v) is 27.3. The average Bonchev–Trinajstić information content (AvgIpc) is 3.95. The fraction of sp³-hybridized carbons (Fsp3) is 0.562. The monoisotopic (exact) mass is 649 g/mol. The zero-order valence-electron chi connectivity index (χ0n) is 25.6. The van der Waals surface area contributed by atoms with Crippen LogP contribution in [0.2, 0.25) is 0 Å². The summed E-state index contributed by atoms with van der Waals surface area (Å²) in [5.74, 6) is 2.28. The van der Waals surface area contributed by atoms with Gasteiger partial charge in [-0.05, 0) is 112 Å². The van der Waals surface area contributed by atoms with Gasteiger partial charge in [-0.1, -0.05) is 0 Å². The van der Waals surface area contributed by atoms with E-state index >= 15 is 0 Å². The summed E-state index contributed by atoms with van der Waals surface area (Å²) in [5, 5.41) is 7.60. The van der Waals surface area contributed by atoms with E-state index in [1.54, 1.807) is 22.9 Å². The number of hydrogen-bond acceptors (Lipinski definition) is 10. The fourth-order valence-corrected chi connectivity index (χ4v) is 9.71. The predicted molar refractivity (Wildman–Crippen MR) is 172 cm³/mol. The van der Waals surface area contributed by atoms with Crippen molar-refractivity contribution in [3.8, 4) is 11.7 Å². The Bertz CT molecular complexity index is 1780. The van der Waals surface area contributed by atoms with Gasteiger partial charge in [0.25, 0.3) is 15.9 Å². The number of anilines is 2. The van der Waals surface area contributed by atoms with Gasteiger partial charge in [-0.3, -0.25) is 4.79 Å². The summed E-state index contributed by atoms with van der Waals surface area (Å²) in [4.78, 5) is 25.6. The van der Waals surface area contributed by atoms with E-state index in [2.05, 4.69) is 51.5 Å². The molecule has 45 heavy (non-hydrogen) atoms. The Labute approximate surface area is 269 Å². The molecule has 0 aromatic carbocycles. The number of thiol groups is 1. The number of rotatable bonds is 5. The van der Waals surface area contributed by atoms with Crippen LogP contribution in [-0.2, 0) is 10.0 Å². The van der Waals surface area contributed by atoms with Crippen molar-refractivity contribution < 1.29 is 17.9 Å². The normalized spacial score (nSPS) is 25.1. The van der Waals surface area contributed by atoms with Crippen LogP contribution in [0.4, 0.5) is 11.6 Å². The predicted octanol–water partition coefficient (Wildman–Crippen LogP) is 4.84. The van der Waals surface area contributed by atoms with Crippen molar-refractivity contribution >= 4 is 40.2 Å². The first-order chi connectivity index (χ1) is 21.5. The molecule has 1 atom stereocenters. The first-order valence-electron chi connectivity index (χ1n) is 16.0. The Kier molecular flexibility index (Phi) is 6.53. The van der Waals surface area contributed by atoms with E-state index in [1.165, 1.54) is 31.7 Å². The molecular weight excluding hydrogens is 611 g/mol. The lowest BCUT2D eigenvalue weighted by molar-refractivity contribution is 0.0981. The second-order valence-electron chi connectivity index (χ2n) is 14.2. The SMILES string of the molecule is CC1(C)C[C@@H]2CCCNc3nc(ccc3S)S(=O)(=O)NC(=O)c3ccc(-n4ccc(OCCC5C6(CC6)C56CC6)n4)nc3N1C2. The Hall–Kier alpha value is -3.32. The summed E-state index contributed by atoms with van der Waals surface area (Å²) in [6, 6.07) is 8.05. The average molecular weight is 650 g/mol. The third kappa shape index (κ3) is 4.88. The van der Waals surface area contributed by atoms with Crippen molar-refractivity contribution in [2.24, 2.45) is 22.7 Å². The third-order valence-corrected chi connectivity index (χ3v) is 12.6. The van der Waals surface area contributed by atoms with E-state index in [0.717, 1.165) is 31.6 Å². The quantitative estimate of drug-likeness (QED) is 0.333. The van der Waals surface area contributed by atoms with Crippen molar-refractivity contribution in [1.29, 1.82) is 0 Å². The van der Waals surface area contributed by atoms with E-state index < -0.39 is 15.9 Å². The van der Waals surface area contributed by atoms with Gasteiger partial charge in [0, 0.05) is 35.8 Å². The van der Waals surface area contributed by atoms with E-state index in [-0.39, 0.29) is 16.1 Å². The van der Waals surface area contributed by atoms with Crippen LogP contribution in [0.3, 0.4) is 0 Å². The van der Waals surface area contributed by atoms with Crippen LogP contribution in [0.15, 0.2) is 46.5 Å². The van der Waals surface area contributed by atoms with Crippen molar-refractivity contribution in [1.82, 2.24) is 24.5 Å². The first-order valence-corrected chi connectivity index (χ1v) is 17.9. The number of sulfonamides is 1. The second-order valence-corrected chi connectivity index (χ2v) is 16.3. The van der Waals surface area contributed by atoms with E-state index in [1.807, 2.05) is 12.3 Å². The Morgan fingerprint density at radius 3 is 2.60 bits per heavy atom. The van der Waals surface area contributed by atoms with Crippen LogP contribution in [0.5, 0.6) is 5.88 Å². The molecule has 238 valence electrons. The maximum absolute atomic E-state index is 13.7. The molecule has 3 aromatic heterocycles. The van der Waals surface area contributed by atoms with Gasteiger partial charge in [0.15, 0.2) is 10.8 Å². The highest BCUT2D eigenvalue weighted by Crippen LogP contribution is 2.93. The number of carbonyl (C=O) groups is 1. The van der Waals surface area contributed by atoms with Crippen molar-refractivity contribution in [2.45, 2.75) is 80.7 Å². The van der Waals surface area contributed by atoms with Gasteiger partial charge in [0.05, 0.1) is 12.2 Å². The highest BCUT2D eigenvalue weighted by atomic mass is 32.2. The Morgan fingerprint density at radius 1 is 1.07 bits per heavy atom. The smallest absolute Gasteiger partial charge is 0.281 e. The number of pyridine rings is 2. The molecule has 0 unspecified atom stereocenters. The molecule has 2 N–H and O–H groups in total. The molecule has 13 heteroatoms. The minimum absolute atomic E-state index is 0.172. The Morgan fingerprint density at radius 2 is 1.84 bits per heavy atom. The zero-order chi connectivity index (χ0) is 31.2. The number of fused-ring (bicyclic) bond motifs is 7. The second kappa shape index (κ2) is 10.1. The molecule has 11 nitrogen and oxygen atoms in total. The highest BCUT2D eigenvalue weighted by molar-refractivity contribution is 7.90. The van der Waals surface area contributed by atoms with Crippen LogP contribution >= 0.6 is 12.6 Å². The van der Waals surface area contributed by atoms with E-state index in [0.29, 0.717) is 64.7 Å². The molecule has 2 aliphatic heterocycles. The summed E-state index contributed by atoms with van der Waals surface area (Å²) < 4.78 is 36.6. The third-order valence-electron chi connectivity index (χ3n) is 11.0. The van der Waals surface area contributed by atoms with E-state index in [4.69, 9.17) is 9.72 Å². The number of hydrogen-bond donors (Lipinski definition) is 3. The van der Waals surface area contributed by atoms with Crippen LogP contribution in [0, 0.1) is 22.7 Å². The van der Waals surface area contributed by atoms with Gasteiger partial charge in [-0.25, -0.2) is 19.4 Å². The molecule has 4 fully saturated rings. The molecular formula is C32H39N7O4S2. The lowest BCUT2D eigenvalue weighted by atomic mass is 9.93. The van der Waals surface area contributed by atoms with Crippen molar-refractivity contribution in [2.75, 3.05) is 29.9 Å². The fourth-order valence-electron chi connectivity index (χ4n) is 8.59. The van der Waals surface area contributed by atoms with Gasteiger partial charge in [0.2, 0.25) is 5.88 Å². The molecule has 3 aliphatic carbocycles. The summed E-state index contributed by atoms with van der Waals surface area (Å²) in [6.07, 6.45) is 11.2. The molecule has 5 aliphatic rings. The minimum Gasteiger partial charge on any atom is -0.477 e. The molecule has 5 heterocycles. The number of amides is 1. The topological polar surface area (TPSA) is 131 Å². The standard InChI is InChI=1S/C32H39N7O4S2/c1-30(2)18-20-4-3-15-33-27-22(44)6-8-26(35-27)45(41,42)37-29(40)21-5-7-24(34-28(21)38(30)19-20)39-16-9-25(36-39)43-17-10-23-31(11-12-31)32(23)13-14-32/h5-9,16,20,23,44H,3-4,10-15,17-19H2,1-2H3,(H,33,35)(H,37,40)/t20-/m0/s1. The summed E-state index contributed by atoms with van der Waals surface area (Å²) in [5.41, 5.74) is 1.19. The summed E-state index contributed by atoms with van der Waals surface area (Å²) in [6.45, 7) is 6.25. The van der Waals surface area contributed by atoms with Gasteiger partial charge >= 0.3 is 0 Å². The number of carbonyl (C=O) groups excluding carboxylic acids is 1. The molecule has 3 saturated carbocycles. The highest BCUT2D eigenvalue weighted by Gasteiger charge is 2.85. The molecule has 2 spiro atoms. The number of aromatic nitrogens is 4. The number of nitrogens with one attached hydrogen (secondary N) is 2. The molecule has 3 aromatic rings. The van der Waals surface area contributed by atoms with Crippen LogP contribution in [0.25, 0.3) is 5.82 Å². The molecule has 8 rings (SSSR count). The van der Waals surface area contributed by atoms with E-state index in [9.17, 15) is 13.2 Å². The van der Waals surface area contributed by atoms with Gasteiger partial charge < -0.3 is 15.0 Å². The van der Waals surface area contributed by atoms with Gasteiger partial charge in [-0.2, -0.15) is 8.42 Å². The lowest BCUT2D eigenvalue weighted by Gasteiger charge is -2.34. The van der Waals surface area contributed by atoms with Crippen molar-refractivity contribution in [3.05, 3.63) is 42.1 Å². The number of ether oxygens (including phenoxy) is 1. The number of nitrogens with zero attached hydrogens (tertiary/aromatic N) is 5. The van der Waals surface area contributed by atoms with Crippen LogP contribution < -0.4 is 19.7 Å². The maximum atomic E-state index is 13.7. The first kappa shape index (κ1) is 29.1. The molecule has 1 saturated heterocycles. The van der Waals surface area contributed by atoms with Crippen LogP contribution in [0.1, 0.15) is 75.6 Å². The van der Waals surface area contributed by atoms with Gasteiger partial charge in [0.1, 0.15) is 11.6 Å². The molecule has 0 radical (unpaired) electrons. The van der Waals surface area contributed by atoms with Crippen molar-refractivity contribution in [3.63, 3.8) is 0 Å². The Balaban J connectivity index is 1.08. The van der Waals surface area contributed by atoms with Gasteiger partial charge in [-0.15, -0.1) is 17.7 Å². The molecule has 4 bridgehead atoms. The molecule has 1 amide bonds.